The molecule has 9 heteroatoms. The van der Waals surface area contributed by atoms with Crippen molar-refractivity contribution in [1.29, 1.82) is 0 Å². The third-order valence-corrected chi connectivity index (χ3v) is 6.45. The third-order valence-electron chi connectivity index (χ3n) is 6.10. The minimum absolute atomic E-state index is 0.0134. The number of fused-ring (bicyclic) bond motifs is 1. The Hall–Kier alpha value is -2.45. The first kappa shape index (κ1) is 20.8. The van der Waals surface area contributed by atoms with E-state index in [1.165, 1.54) is 6.20 Å². The molecule has 0 radical (unpaired) electrons. The van der Waals surface area contributed by atoms with Crippen LogP contribution in [0.5, 0.6) is 0 Å². The van der Waals surface area contributed by atoms with Crippen LogP contribution in [0.2, 0.25) is 5.02 Å². The van der Waals surface area contributed by atoms with Crippen molar-refractivity contribution < 1.29 is 19.1 Å². The standard InChI is InChI=1S/C21H23ClFN3O4/c1-2-10-5-6-25(9-15(24)19(10)27)18-14(23)7-12-17(16(18)22)26(11-3-4-11)8-13(20(12)28)21(29)30/h7-8,10-11,15H,2-6,9,24H2,1H3,(H,29,30). The van der Waals surface area contributed by atoms with Crippen molar-refractivity contribution in [3.05, 3.63) is 38.9 Å². The highest BCUT2D eigenvalue weighted by atomic mass is 35.5. The number of Topliss-reactive ketones (excluding diaryl/α,β-unsaturated/α-hetero) is 1. The molecule has 1 aliphatic heterocycles. The number of rotatable bonds is 4. The van der Waals surface area contributed by atoms with Gasteiger partial charge >= 0.3 is 5.97 Å². The molecule has 1 aliphatic carbocycles. The van der Waals surface area contributed by atoms with E-state index in [0.29, 0.717) is 24.9 Å². The molecule has 2 atom stereocenters. The molecule has 1 aromatic carbocycles. The summed E-state index contributed by atoms with van der Waals surface area (Å²) in [4.78, 5) is 38.3. The van der Waals surface area contributed by atoms with Gasteiger partial charge in [0.05, 0.1) is 27.7 Å². The minimum Gasteiger partial charge on any atom is -0.477 e. The van der Waals surface area contributed by atoms with Crippen LogP contribution >= 0.6 is 11.6 Å². The van der Waals surface area contributed by atoms with Crippen molar-refractivity contribution in [3.8, 4) is 0 Å². The zero-order chi connectivity index (χ0) is 21.7. The lowest BCUT2D eigenvalue weighted by Gasteiger charge is -2.27. The minimum atomic E-state index is -1.36. The Morgan fingerprint density at radius 3 is 2.63 bits per heavy atom. The van der Waals surface area contributed by atoms with Gasteiger partial charge in [0.1, 0.15) is 11.4 Å². The fourth-order valence-corrected chi connectivity index (χ4v) is 4.71. The Morgan fingerprint density at radius 2 is 2.03 bits per heavy atom. The van der Waals surface area contributed by atoms with Crippen LogP contribution < -0.4 is 16.1 Å². The van der Waals surface area contributed by atoms with Gasteiger partial charge < -0.3 is 20.3 Å². The van der Waals surface area contributed by atoms with Gasteiger partial charge in [0.15, 0.2) is 5.78 Å². The molecule has 1 saturated heterocycles. The Morgan fingerprint density at radius 1 is 1.33 bits per heavy atom. The molecule has 3 N–H and O–H groups in total. The molecule has 7 nitrogen and oxygen atoms in total. The fourth-order valence-electron chi connectivity index (χ4n) is 4.30. The lowest BCUT2D eigenvalue weighted by molar-refractivity contribution is -0.123. The Balaban J connectivity index is 1.91. The number of halogens is 2. The number of carboxylic acid groups (broad SMARTS) is 1. The highest BCUT2D eigenvalue weighted by Gasteiger charge is 2.33. The van der Waals surface area contributed by atoms with Crippen LogP contribution in [-0.2, 0) is 4.79 Å². The van der Waals surface area contributed by atoms with E-state index in [4.69, 9.17) is 17.3 Å². The Labute approximate surface area is 177 Å². The molecule has 4 rings (SSSR count). The van der Waals surface area contributed by atoms with Gasteiger partial charge in [0.2, 0.25) is 5.43 Å². The maximum absolute atomic E-state index is 15.2. The number of hydrogen-bond donors (Lipinski definition) is 2. The zero-order valence-corrected chi connectivity index (χ0v) is 17.3. The van der Waals surface area contributed by atoms with Gasteiger partial charge in [-0.15, -0.1) is 0 Å². The zero-order valence-electron chi connectivity index (χ0n) is 16.5. The molecular weight excluding hydrogens is 413 g/mol. The molecule has 160 valence electrons. The molecule has 2 heterocycles. The second-order valence-corrected chi connectivity index (χ2v) is 8.46. The molecule has 0 bridgehead atoms. The van der Waals surface area contributed by atoms with Crippen LogP contribution in [0.3, 0.4) is 0 Å². The van der Waals surface area contributed by atoms with Gasteiger partial charge in [-0.25, -0.2) is 9.18 Å². The summed E-state index contributed by atoms with van der Waals surface area (Å²) in [5.41, 5.74) is 5.31. The molecule has 1 saturated carbocycles. The quantitative estimate of drug-likeness (QED) is 0.764. The predicted molar refractivity (Wildman–Crippen MR) is 112 cm³/mol. The summed E-state index contributed by atoms with van der Waals surface area (Å²) >= 11 is 6.65. The molecule has 30 heavy (non-hydrogen) atoms. The van der Waals surface area contributed by atoms with E-state index in [1.54, 1.807) is 9.47 Å². The maximum Gasteiger partial charge on any atom is 0.341 e. The van der Waals surface area contributed by atoms with Crippen molar-refractivity contribution in [2.45, 2.75) is 44.7 Å². The number of anilines is 1. The normalized spacial score (nSPS) is 22.4. The van der Waals surface area contributed by atoms with Crippen LogP contribution in [0.25, 0.3) is 10.9 Å². The van der Waals surface area contributed by atoms with E-state index in [0.717, 1.165) is 18.9 Å². The second kappa shape index (κ2) is 7.67. The molecule has 2 aromatic rings. The van der Waals surface area contributed by atoms with Gasteiger partial charge in [-0.1, -0.05) is 18.5 Å². The van der Waals surface area contributed by atoms with Crippen LogP contribution in [0.15, 0.2) is 17.1 Å². The van der Waals surface area contributed by atoms with Crippen molar-refractivity contribution in [2.24, 2.45) is 11.7 Å². The number of carbonyl (C=O) groups is 2. The SMILES string of the molecule is CCC1CCN(c2c(F)cc3c(=O)c(C(=O)O)cn(C4CC4)c3c2Cl)CC(N)C1=O. The van der Waals surface area contributed by atoms with E-state index in [1.807, 2.05) is 6.92 Å². The summed E-state index contributed by atoms with van der Waals surface area (Å²) in [5.74, 6) is -2.32. The number of aromatic carboxylic acids is 1. The van der Waals surface area contributed by atoms with Gasteiger partial charge in [-0.3, -0.25) is 9.59 Å². The summed E-state index contributed by atoms with van der Waals surface area (Å²) < 4.78 is 16.9. The summed E-state index contributed by atoms with van der Waals surface area (Å²) in [6.45, 7) is 2.45. The summed E-state index contributed by atoms with van der Waals surface area (Å²) in [5, 5.41) is 9.37. The lowest BCUT2D eigenvalue weighted by Crippen LogP contribution is -2.42. The van der Waals surface area contributed by atoms with Gasteiger partial charge in [-0.05, 0) is 31.7 Å². The van der Waals surface area contributed by atoms with Crippen LogP contribution in [0, 0.1) is 11.7 Å². The average Bonchev–Trinajstić information content (AvgIpc) is 3.53. The molecule has 0 spiro atoms. The average molecular weight is 436 g/mol. The van der Waals surface area contributed by atoms with E-state index >= 15 is 4.39 Å². The highest BCUT2D eigenvalue weighted by Crippen LogP contribution is 2.42. The van der Waals surface area contributed by atoms with Crippen LogP contribution in [0.1, 0.15) is 49.0 Å². The molecular formula is C21H23ClFN3O4. The Bertz CT molecular complexity index is 1110. The smallest absolute Gasteiger partial charge is 0.341 e. The number of carbonyl (C=O) groups excluding carboxylic acids is 1. The van der Waals surface area contributed by atoms with Crippen LogP contribution in [-0.4, -0.2) is 40.6 Å². The topological polar surface area (TPSA) is 106 Å². The Kier molecular flexibility index (Phi) is 5.32. The van der Waals surface area contributed by atoms with Gasteiger partial charge in [0, 0.05) is 31.2 Å². The lowest BCUT2D eigenvalue weighted by atomic mass is 9.94. The number of ketones is 1. The molecule has 2 fully saturated rings. The molecule has 1 aromatic heterocycles. The largest absolute Gasteiger partial charge is 0.477 e. The molecule has 2 aliphatic rings. The van der Waals surface area contributed by atoms with Crippen molar-refractivity contribution in [2.75, 3.05) is 18.0 Å². The first-order chi connectivity index (χ1) is 14.2. The number of nitrogens with two attached hydrogens (primary N) is 1. The van der Waals surface area contributed by atoms with E-state index < -0.39 is 28.8 Å². The summed E-state index contributed by atoms with van der Waals surface area (Å²) in [7, 11) is 0. The first-order valence-corrected chi connectivity index (χ1v) is 10.5. The van der Waals surface area contributed by atoms with Crippen molar-refractivity contribution >= 4 is 39.9 Å². The molecule has 2 unspecified atom stereocenters. The van der Waals surface area contributed by atoms with E-state index in [2.05, 4.69) is 0 Å². The number of aromatic nitrogens is 1. The molecule has 0 amide bonds. The van der Waals surface area contributed by atoms with Crippen LogP contribution in [0.4, 0.5) is 10.1 Å². The fraction of sp³-hybridized carbons (Fsp3) is 0.476. The van der Waals surface area contributed by atoms with E-state index in [9.17, 15) is 19.5 Å². The van der Waals surface area contributed by atoms with E-state index in [-0.39, 0.29) is 40.4 Å². The van der Waals surface area contributed by atoms with Gasteiger partial charge in [-0.2, -0.15) is 0 Å². The summed E-state index contributed by atoms with van der Waals surface area (Å²) in [6.07, 6.45) is 4.13. The number of pyridine rings is 1. The van der Waals surface area contributed by atoms with Crippen molar-refractivity contribution in [1.82, 2.24) is 4.57 Å². The predicted octanol–water partition coefficient (Wildman–Crippen LogP) is 2.96. The number of hydrogen-bond acceptors (Lipinski definition) is 5. The van der Waals surface area contributed by atoms with Gasteiger partial charge in [0.25, 0.3) is 0 Å². The highest BCUT2D eigenvalue weighted by molar-refractivity contribution is 6.38. The maximum atomic E-state index is 15.2. The number of nitrogens with zero attached hydrogens (tertiary/aromatic N) is 2. The third kappa shape index (κ3) is 3.37. The van der Waals surface area contributed by atoms with Crippen molar-refractivity contribution in [3.63, 3.8) is 0 Å². The number of carboxylic acids is 1. The second-order valence-electron chi connectivity index (χ2n) is 8.08. The summed E-state index contributed by atoms with van der Waals surface area (Å²) in [6, 6.07) is 0.308. The first-order valence-electron chi connectivity index (χ1n) is 10.1. The monoisotopic (exact) mass is 435 g/mol. The number of benzene rings is 1.